The maximum absolute atomic E-state index is 10.3. The van der Waals surface area contributed by atoms with E-state index in [4.69, 9.17) is 15.9 Å². The van der Waals surface area contributed by atoms with Gasteiger partial charge in [0, 0.05) is 6.42 Å². The first-order valence-corrected chi connectivity index (χ1v) is 18.7. The summed E-state index contributed by atoms with van der Waals surface area (Å²) in [5.74, 6) is -2.02. The molecule has 0 fully saturated rings. The van der Waals surface area contributed by atoms with Crippen LogP contribution in [0.4, 0.5) is 0 Å². The number of nitrogens with two attached hydrogens (primary N) is 1. The molecule has 0 bridgehead atoms. The van der Waals surface area contributed by atoms with Gasteiger partial charge in [-0.25, -0.2) is 0 Å². The largest absolute Gasteiger partial charge is 0.481 e. The number of carboxylic acids is 2. The second-order valence-electron chi connectivity index (χ2n) is 15.4. The quantitative estimate of drug-likeness (QED) is 0.0867. The summed E-state index contributed by atoms with van der Waals surface area (Å²) in [7, 11) is 0. The van der Waals surface area contributed by atoms with Gasteiger partial charge in [-0.2, -0.15) is 0 Å². The SMILES string of the molecule is CC1=C(/C=C/C(C)=C/C=C/C(C)=C/C=O)C(C)(C)CCC1.CC1=C(/C=C/C(C)=C/C=C/C(C)=C/C=O)C(C)(C)CCC1.NC(CCCC(=O)O)C(=O)O. The van der Waals surface area contributed by atoms with Crippen molar-refractivity contribution in [2.24, 2.45) is 16.6 Å². The van der Waals surface area contributed by atoms with E-state index >= 15 is 0 Å². The lowest BCUT2D eigenvalue weighted by molar-refractivity contribution is -0.140. The maximum Gasteiger partial charge on any atom is 0.320 e. The van der Waals surface area contributed by atoms with Crippen LogP contribution < -0.4 is 5.73 Å². The van der Waals surface area contributed by atoms with Crippen LogP contribution >= 0.6 is 0 Å². The number of carbonyl (C=O) groups excluding carboxylic acids is 2. The number of aldehydes is 2. The molecule has 0 saturated heterocycles. The molecule has 53 heavy (non-hydrogen) atoms. The Morgan fingerprint density at radius 2 is 1.06 bits per heavy atom. The number of hydrogen-bond acceptors (Lipinski definition) is 5. The number of rotatable bonds is 15. The Morgan fingerprint density at radius 3 is 1.38 bits per heavy atom. The number of aliphatic carboxylic acids is 2. The second kappa shape index (κ2) is 25.6. The summed E-state index contributed by atoms with van der Waals surface area (Å²) in [6.07, 6.45) is 33.8. The van der Waals surface area contributed by atoms with Gasteiger partial charge in [0.15, 0.2) is 0 Å². The second-order valence-corrected chi connectivity index (χ2v) is 15.4. The molecule has 0 amide bonds. The summed E-state index contributed by atoms with van der Waals surface area (Å²) in [6, 6.07) is -0.936. The zero-order valence-corrected chi connectivity index (χ0v) is 34.1. The van der Waals surface area contributed by atoms with Crippen molar-refractivity contribution >= 4 is 24.5 Å². The Bertz CT molecular complexity index is 1450. The molecule has 0 radical (unpaired) electrons. The van der Waals surface area contributed by atoms with Crippen molar-refractivity contribution in [2.75, 3.05) is 0 Å². The molecule has 0 spiro atoms. The average Bonchev–Trinajstić information content (AvgIpc) is 3.04. The lowest BCUT2D eigenvalue weighted by Crippen LogP contribution is -2.29. The molecule has 0 heterocycles. The third kappa shape index (κ3) is 21.7. The summed E-state index contributed by atoms with van der Waals surface area (Å²) in [6.45, 7) is 21.9. The van der Waals surface area contributed by atoms with Crippen LogP contribution in [0.25, 0.3) is 0 Å². The number of hydrogen-bond donors (Lipinski definition) is 3. The topological polar surface area (TPSA) is 135 Å². The molecule has 2 aliphatic carbocycles. The van der Waals surface area contributed by atoms with E-state index in [-0.39, 0.29) is 23.7 Å². The molecule has 0 aromatic heterocycles. The molecule has 2 aliphatic rings. The summed E-state index contributed by atoms with van der Waals surface area (Å²) in [5.41, 5.74) is 16.1. The van der Waals surface area contributed by atoms with Gasteiger partial charge in [0.25, 0.3) is 0 Å². The fourth-order valence-corrected chi connectivity index (χ4v) is 6.19. The van der Waals surface area contributed by atoms with E-state index in [1.165, 1.54) is 72.0 Å². The predicted molar refractivity (Wildman–Crippen MR) is 221 cm³/mol. The molecule has 7 heteroatoms. The van der Waals surface area contributed by atoms with Crippen LogP contribution in [0.5, 0.6) is 0 Å². The van der Waals surface area contributed by atoms with Crippen LogP contribution in [0.2, 0.25) is 0 Å². The van der Waals surface area contributed by atoms with Crippen LogP contribution in [-0.4, -0.2) is 40.8 Å². The van der Waals surface area contributed by atoms with E-state index in [9.17, 15) is 19.2 Å². The zero-order valence-electron chi connectivity index (χ0n) is 34.1. The van der Waals surface area contributed by atoms with Crippen molar-refractivity contribution in [2.45, 2.75) is 133 Å². The summed E-state index contributed by atoms with van der Waals surface area (Å²) in [4.78, 5) is 40.7. The van der Waals surface area contributed by atoms with Gasteiger partial charge in [-0.15, -0.1) is 0 Å². The zero-order chi connectivity index (χ0) is 40.6. The highest BCUT2D eigenvalue weighted by Crippen LogP contribution is 2.41. The third-order valence-corrected chi connectivity index (χ3v) is 9.43. The van der Waals surface area contributed by atoms with E-state index in [0.717, 1.165) is 23.7 Å². The Hall–Kier alpha value is -4.36. The van der Waals surface area contributed by atoms with E-state index in [1.807, 2.05) is 38.2 Å². The molecular formula is C46H67NO6. The van der Waals surface area contributed by atoms with Gasteiger partial charge in [-0.05, 0) is 138 Å². The molecule has 1 unspecified atom stereocenters. The maximum atomic E-state index is 10.3. The monoisotopic (exact) mass is 729 g/mol. The fraction of sp³-hybridized carbons (Fsp3) is 0.478. The fourth-order valence-electron chi connectivity index (χ4n) is 6.19. The Labute approximate surface area is 320 Å². The first-order chi connectivity index (χ1) is 24.8. The minimum atomic E-state index is -1.09. The highest BCUT2D eigenvalue weighted by atomic mass is 16.4. The Balaban J connectivity index is 0.000000806. The van der Waals surface area contributed by atoms with Gasteiger partial charge >= 0.3 is 11.9 Å². The minimum absolute atomic E-state index is 0.0268. The summed E-state index contributed by atoms with van der Waals surface area (Å²) < 4.78 is 0. The van der Waals surface area contributed by atoms with Gasteiger partial charge in [0.1, 0.15) is 18.6 Å². The van der Waals surface area contributed by atoms with E-state index in [2.05, 4.69) is 91.8 Å². The van der Waals surface area contributed by atoms with Crippen LogP contribution in [0, 0.1) is 10.8 Å². The van der Waals surface area contributed by atoms with Gasteiger partial charge < -0.3 is 15.9 Å². The summed E-state index contributed by atoms with van der Waals surface area (Å²) in [5, 5.41) is 16.5. The molecule has 0 aromatic rings. The average molecular weight is 730 g/mol. The Kier molecular flexibility index (Phi) is 23.5. The highest BCUT2D eigenvalue weighted by Gasteiger charge is 2.27. The van der Waals surface area contributed by atoms with Crippen molar-refractivity contribution in [3.05, 3.63) is 117 Å². The lowest BCUT2D eigenvalue weighted by Gasteiger charge is -2.33. The minimum Gasteiger partial charge on any atom is -0.481 e. The lowest BCUT2D eigenvalue weighted by atomic mass is 9.72. The van der Waals surface area contributed by atoms with Crippen molar-refractivity contribution in [3.63, 3.8) is 0 Å². The normalized spacial score (nSPS) is 18.9. The van der Waals surface area contributed by atoms with Gasteiger partial charge in [0.2, 0.25) is 0 Å². The van der Waals surface area contributed by atoms with Crippen LogP contribution in [0.3, 0.4) is 0 Å². The molecule has 0 saturated carbocycles. The van der Waals surface area contributed by atoms with E-state index < -0.39 is 18.0 Å². The van der Waals surface area contributed by atoms with Crippen LogP contribution in [-0.2, 0) is 19.2 Å². The molecule has 292 valence electrons. The third-order valence-electron chi connectivity index (χ3n) is 9.43. The van der Waals surface area contributed by atoms with Crippen molar-refractivity contribution in [1.82, 2.24) is 0 Å². The first kappa shape index (κ1) is 48.6. The number of allylic oxidation sites excluding steroid dienone is 20. The van der Waals surface area contributed by atoms with Crippen molar-refractivity contribution in [1.29, 1.82) is 0 Å². The van der Waals surface area contributed by atoms with Crippen molar-refractivity contribution in [3.8, 4) is 0 Å². The number of carbonyl (C=O) groups is 4. The van der Waals surface area contributed by atoms with E-state index in [0.29, 0.717) is 6.42 Å². The molecule has 0 aromatic carbocycles. The van der Waals surface area contributed by atoms with Crippen LogP contribution in [0.15, 0.2) is 117 Å². The van der Waals surface area contributed by atoms with E-state index in [1.54, 1.807) is 12.2 Å². The van der Waals surface area contributed by atoms with Gasteiger partial charge in [-0.1, -0.05) is 111 Å². The molecule has 0 aliphatic heterocycles. The molecular weight excluding hydrogens is 663 g/mol. The smallest absolute Gasteiger partial charge is 0.320 e. The van der Waals surface area contributed by atoms with Gasteiger partial charge in [0.05, 0.1) is 0 Å². The van der Waals surface area contributed by atoms with Gasteiger partial charge in [-0.3, -0.25) is 19.2 Å². The molecule has 1 atom stereocenters. The highest BCUT2D eigenvalue weighted by molar-refractivity contribution is 5.73. The predicted octanol–water partition coefficient (Wildman–Crippen LogP) is 11.1. The standard InChI is InChI=1S/2C20H28O.C6H11NO4/c2*1-16(8-6-9-17(2)13-15-21)11-12-19-18(3)10-7-14-20(19,4)5;7-4(6(10)11)2-1-3-5(8)9/h2*6,8-9,11-13,15H,7,10,14H2,1-5H3;4H,1-3,7H2,(H,8,9)(H,10,11)/b2*9-6+,12-11+,16-8+,17-13+;. The number of carboxylic acid groups (broad SMARTS) is 2. The van der Waals surface area contributed by atoms with Crippen LogP contribution in [0.1, 0.15) is 127 Å². The summed E-state index contributed by atoms with van der Waals surface area (Å²) >= 11 is 0. The molecule has 2 rings (SSSR count). The Morgan fingerprint density at radius 1 is 0.679 bits per heavy atom. The van der Waals surface area contributed by atoms with Crippen molar-refractivity contribution < 1.29 is 29.4 Å². The molecule has 4 N–H and O–H groups in total. The first-order valence-electron chi connectivity index (χ1n) is 18.7. The molecule has 7 nitrogen and oxygen atoms in total.